The number of rotatable bonds is 6. The zero-order valence-electron chi connectivity index (χ0n) is 17.4. The lowest BCUT2D eigenvalue weighted by Gasteiger charge is -2.37. The van der Waals surface area contributed by atoms with Gasteiger partial charge in [-0.05, 0) is 48.7 Å². The van der Waals surface area contributed by atoms with Crippen molar-refractivity contribution < 1.29 is 24.2 Å². The predicted molar refractivity (Wildman–Crippen MR) is 117 cm³/mol. The fourth-order valence-corrected chi connectivity index (χ4v) is 4.16. The molecule has 0 unspecified atom stereocenters. The molecule has 1 aliphatic heterocycles. The first kappa shape index (κ1) is 20.7. The van der Waals surface area contributed by atoms with Gasteiger partial charge < -0.3 is 14.6 Å². The van der Waals surface area contributed by atoms with Crippen LogP contribution in [-0.4, -0.2) is 36.9 Å². The summed E-state index contributed by atoms with van der Waals surface area (Å²) in [6, 6.07) is 12.6. The van der Waals surface area contributed by atoms with Crippen LogP contribution in [0.1, 0.15) is 24.0 Å². The molecule has 0 radical (unpaired) electrons. The average Bonchev–Trinajstić information content (AvgIpc) is 2.79. The Morgan fingerprint density at radius 3 is 2.35 bits per heavy atom. The van der Waals surface area contributed by atoms with E-state index < -0.39 is 5.97 Å². The summed E-state index contributed by atoms with van der Waals surface area (Å²) in [5.74, 6) is 0.0659. The summed E-state index contributed by atoms with van der Waals surface area (Å²) in [4.78, 5) is 24.2. The van der Waals surface area contributed by atoms with Crippen LogP contribution < -0.4 is 14.5 Å². The summed E-state index contributed by atoms with van der Waals surface area (Å²) in [5, 5.41) is 15.2. The first-order valence-corrected chi connectivity index (χ1v) is 10.1. The van der Waals surface area contributed by atoms with Crippen LogP contribution in [0.25, 0.3) is 0 Å². The Hall–Kier alpha value is -3.61. The summed E-state index contributed by atoms with van der Waals surface area (Å²) < 4.78 is 10.8. The van der Waals surface area contributed by atoms with Crippen molar-refractivity contribution in [3.8, 4) is 11.5 Å². The lowest BCUT2D eigenvalue weighted by molar-refractivity contribution is -0.136. The van der Waals surface area contributed by atoms with Gasteiger partial charge in [0.1, 0.15) is 0 Å². The molecule has 2 atom stereocenters. The highest BCUT2D eigenvalue weighted by Gasteiger charge is 2.40. The van der Waals surface area contributed by atoms with Crippen molar-refractivity contribution in [2.24, 2.45) is 16.9 Å². The average molecular weight is 420 g/mol. The standard InChI is InChI=1S/C24H24N2O5/c1-30-20-12-9-16(14-21(20)31-2)23-18-5-3-4-6-19(18)24(29)26(25-23)17-10-7-15(8-11-17)13-22(27)28/h3-4,7-12,14,18-19H,5-6,13H2,1-2H3,(H,27,28)/t18-,19+/m0/s1. The number of aliphatic carboxylic acids is 1. The Morgan fingerprint density at radius 1 is 1.03 bits per heavy atom. The van der Waals surface area contributed by atoms with Gasteiger partial charge in [-0.25, -0.2) is 5.01 Å². The number of hydrogen-bond acceptors (Lipinski definition) is 5. The number of fused-ring (bicyclic) bond motifs is 1. The highest BCUT2D eigenvalue weighted by molar-refractivity contribution is 6.11. The highest BCUT2D eigenvalue weighted by atomic mass is 16.5. The number of ether oxygens (including phenoxy) is 2. The van der Waals surface area contributed by atoms with Gasteiger partial charge in [-0.2, -0.15) is 5.10 Å². The second kappa shape index (κ2) is 8.63. The van der Waals surface area contributed by atoms with E-state index in [1.54, 1.807) is 38.5 Å². The van der Waals surface area contributed by atoms with Gasteiger partial charge in [0.25, 0.3) is 5.91 Å². The van der Waals surface area contributed by atoms with Crippen LogP contribution in [0, 0.1) is 11.8 Å². The molecular formula is C24H24N2O5. The molecule has 2 aromatic rings. The lowest BCUT2D eigenvalue weighted by atomic mass is 9.76. The molecule has 7 heteroatoms. The van der Waals surface area contributed by atoms with E-state index >= 15 is 0 Å². The van der Waals surface area contributed by atoms with Crippen molar-refractivity contribution in [1.82, 2.24) is 0 Å². The van der Waals surface area contributed by atoms with E-state index in [4.69, 9.17) is 19.7 Å². The first-order valence-electron chi connectivity index (χ1n) is 10.1. The Labute approximate surface area is 180 Å². The maximum Gasteiger partial charge on any atom is 0.307 e. The molecule has 1 N–H and O–H groups in total. The van der Waals surface area contributed by atoms with E-state index in [-0.39, 0.29) is 24.2 Å². The van der Waals surface area contributed by atoms with E-state index in [0.29, 0.717) is 29.2 Å². The molecule has 160 valence electrons. The summed E-state index contributed by atoms with van der Waals surface area (Å²) in [5.41, 5.74) is 2.99. The third kappa shape index (κ3) is 4.03. The van der Waals surface area contributed by atoms with E-state index in [1.807, 2.05) is 24.3 Å². The van der Waals surface area contributed by atoms with E-state index in [9.17, 15) is 9.59 Å². The normalized spacial score (nSPS) is 20.1. The van der Waals surface area contributed by atoms with Crippen LogP contribution in [0.4, 0.5) is 5.69 Å². The molecule has 1 amide bonds. The molecule has 0 saturated carbocycles. The first-order chi connectivity index (χ1) is 15.0. The number of hydrazone groups is 1. The van der Waals surface area contributed by atoms with Crippen molar-refractivity contribution in [3.05, 3.63) is 65.7 Å². The van der Waals surface area contributed by atoms with Gasteiger partial charge in [0, 0.05) is 11.5 Å². The molecule has 0 aromatic heterocycles. The molecule has 0 bridgehead atoms. The number of allylic oxidation sites excluding steroid dienone is 2. The summed E-state index contributed by atoms with van der Waals surface area (Å²) in [6.07, 6.45) is 5.48. The molecule has 7 nitrogen and oxygen atoms in total. The molecule has 1 aliphatic carbocycles. The number of carboxylic acids is 1. The van der Waals surface area contributed by atoms with Gasteiger partial charge in [0.2, 0.25) is 0 Å². The quantitative estimate of drug-likeness (QED) is 0.721. The molecule has 1 heterocycles. The minimum atomic E-state index is -0.896. The number of carboxylic acid groups (broad SMARTS) is 1. The van der Waals surface area contributed by atoms with Gasteiger partial charge in [0.05, 0.1) is 38.0 Å². The van der Waals surface area contributed by atoms with Crippen LogP contribution >= 0.6 is 0 Å². The largest absolute Gasteiger partial charge is 0.493 e. The molecule has 0 saturated heterocycles. The van der Waals surface area contributed by atoms with Crippen LogP contribution in [0.3, 0.4) is 0 Å². The van der Waals surface area contributed by atoms with Crippen LogP contribution in [0.15, 0.2) is 59.7 Å². The predicted octanol–water partition coefficient (Wildman–Crippen LogP) is 3.66. The van der Waals surface area contributed by atoms with Crippen molar-refractivity contribution in [2.45, 2.75) is 19.3 Å². The number of benzene rings is 2. The van der Waals surface area contributed by atoms with Crippen molar-refractivity contribution >= 4 is 23.3 Å². The zero-order chi connectivity index (χ0) is 22.0. The third-order valence-corrected chi connectivity index (χ3v) is 5.73. The lowest BCUT2D eigenvalue weighted by Crippen LogP contribution is -2.45. The minimum absolute atomic E-state index is 0.0156. The van der Waals surface area contributed by atoms with Crippen molar-refractivity contribution in [2.75, 3.05) is 19.2 Å². The van der Waals surface area contributed by atoms with Gasteiger partial charge in [-0.15, -0.1) is 0 Å². The fraction of sp³-hybridized carbons (Fsp3) is 0.292. The van der Waals surface area contributed by atoms with Gasteiger partial charge in [-0.1, -0.05) is 24.3 Å². The van der Waals surface area contributed by atoms with Crippen molar-refractivity contribution in [3.63, 3.8) is 0 Å². The number of amides is 1. The number of hydrogen-bond donors (Lipinski definition) is 1. The summed E-state index contributed by atoms with van der Waals surface area (Å²) in [7, 11) is 3.18. The number of anilines is 1. The number of nitrogens with zero attached hydrogens (tertiary/aromatic N) is 2. The van der Waals surface area contributed by atoms with E-state index in [0.717, 1.165) is 17.7 Å². The summed E-state index contributed by atoms with van der Waals surface area (Å²) >= 11 is 0. The zero-order valence-corrected chi connectivity index (χ0v) is 17.4. The van der Waals surface area contributed by atoms with Gasteiger partial charge in [-0.3, -0.25) is 9.59 Å². The highest BCUT2D eigenvalue weighted by Crippen LogP contribution is 2.38. The minimum Gasteiger partial charge on any atom is -0.493 e. The van der Waals surface area contributed by atoms with Crippen LogP contribution in [0.5, 0.6) is 11.5 Å². The molecule has 0 fully saturated rings. The van der Waals surface area contributed by atoms with Crippen molar-refractivity contribution in [1.29, 1.82) is 0 Å². The summed E-state index contributed by atoms with van der Waals surface area (Å²) in [6.45, 7) is 0. The Morgan fingerprint density at radius 2 is 1.71 bits per heavy atom. The number of carbonyl (C=O) groups is 2. The fourth-order valence-electron chi connectivity index (χ4n) is 4.16. The smallest absolute Gasteiger partial charge is 0.307 e. The molecular weight excluding hydrogens is 396 g/mol. The van der Waals surface area contributed by atoms with E-state index in [2.05, 4.69) is 6.08 Å². The van der Waals surface area contributed by atoms with Gasteiger partial charge >= 0.3 is 5.97 Å². The molecule has 31 heavy (non-hydrogen) atoms. The monoisotopic (exact) mass is 420 g/mol. The maximum atomic E-state index is 13.3. The van der Waals surface area contributed by atoms with Crippen LogP contribution in [0.2, 0.25) is 0 Å². The van der Waals surface area contributed by atoms with E-state index in [1.165, 1.54) is 5.01 Å². The Bertz CT molecular complexity index is 1060. The second-order valence-corrected chi connectivity index (χ2v) is 7.60. The molecule has 0 spiro atoms. The maximum absolute atomic E-state index is 13.3. The third-order valence-electron chi connectivity index (χ3n) is 5.73. The molecule has 4 rings (SSSR count). The number of carbonyl (C=O) groups excluding carboxylic acids is 1. The molecule has 2 aliphatic rings. The molecule has 2 aromatic carbocycles. The second-order valence-electron chi connectivity index (χ2n) is 7.60. The number of methoxy groups -OCH3 is 2. The Kier molecular flexibility index (Phi) is 5.75. The topological polar surface area (TPSA) is 88.4 Å². The van der Waals surface area contributed by atoms with Crippen LogP contribution in [-0.2, 0) is 16.0 Å². The Balaban J connectivity index is 1.76. The van der Waals surface area contributed by atoms with Gasteiger partial charge in [0.15, 0.2) is 11.5 Å². The SMILES string of the molecule is COc1ccc(C2=NN(c3ccc(CC(=O)O)cc3)C(=O)[C@@H]3CC=CC[C@H]23)cc1OC.